The predicted octanol–water partition coefficient (Wildman–Crippen LogP) is 1.37. The van der Waals surface area contributed by atoms with E-state index in [1.807, 2.05) is 0 Å². The van der Waals surface area contributed by atoms with Gasteiger partial charge in [-0.15, -0.1) is 0 Å². The first-order chi connectivity index (χ1) is 11.2. The van der Waals surface area contributed by atoms with Gasteiger partial charge in [0, 0.05) is 20.3 Å². The van der Waals surface area contributed by atoms with E-state index in [2.05, 4.69) is 15.6 Å². The number of amides is 2. The maximum atomic E-state index is 12.1. The lowest BCUT2D eigenvalue weighted by Crippen LogP contribution is -2.28. The normalized spacial score (nSPS) is 10.3. The summed E-state index contributed by atoms with van der Waals surface area (Å²) >= 11 is 0. The second kappa shape index (κ2) is 8.70. The molecule has 0 unspecified atom stereocenters. The number of nitrogens with zero attached hydrogens (tertiary/aromatic N) is 1. The van der Waals surface area contributed by atoms with Crippen molar-refractivity contribution in [3.05, 3.63) is 53.7 Å². The minimum atomic E-state index is -0.365. The molecule has 2 heterocycles. The summed E-state index contributed by atoms with van der Waals surface area (Å²) in [6.07, 6.45) is 2.25. The molecule has 2 rings (SSSR count). The molecule has 0 aromatic carbocycles. The number of hydrogen-bond acceptors (Lipinski definition) is 5. The maximum absolute atomic E-state index is 12.1. The summed E-state index contributed by atoms with van der Waals surface area (Å²) in [7, 11) is 1.61. The summed E-state index contributed by atoms with van der Waals surface area (Å²) in [4.78, 5) is 28.1. The highest BCUT2D eigenvalue weighted by molar-refractivity contribution is 5.96. The van der Waals surface area contributed by atoms with Crippen LogP contribution in [0.5, 0.6) is 0 Å². The predicted molar refractivity (Wildman–Crippen MR) is 82.9 cm³/mol. The molecular formula is C16H19N3O4. The van der Waals surface area contributed by atoms with Crippen LogP contribution in [-0.2, 0) is 11.3 Å². The van der Waals surface area contributed by atoms with E-state index in [0.29, 0.717) is 25.3 Å². The van der Waals surface area contributed by atoms with Gasteiger partial charge in [0.15, 0.2) is 0 Å². The molecule has 0 aliphatic heterocycles. The Morgan fingerprint density at radius 2 is 1.87 bits per heavy atom. The van der Waals surface area contributed by atoms with Crippen LogP contribution in [0.1, 0.15) is 33.2 Å². The Labute approximate surface area is 134 Å². The Balaban J connectivity index is 1.90. The van der Waals surface area contributed by atoms with Gasteiger partial charge in [-0.05, 0) is 30.7 Å². The van der Waals surface area contributed by atoms with Gasteiger partial charge in [0.25, 0.3) is 11.8 Å². The van der Waals surface area contributed by atoms with Crippen LogP contribution in [0.3, 0.4) is 0 Å². The smallest absolute Gasteiger partial charge is 0.270 e. The van der Waals surface area contributed by atoms with E-state index in [0.717, 1.165) is 0 Å². The van der Waals surface area contributed by atoms with E-state index in [9.17, 15) is 9.59 Å². The number of furan rings is 1. The molecule has 0 saturated heterocycles. The largest absolute Gasteiger partial charge is 0.467 e. The van der Waals surface area contributed by atoms with Crippen molar-refractivity contribution in [1.82, 2.24) is 15.6 Å². The molecule has 2 aromatic heterocycles. The fourth-order valence-electron chi connectivity index (χ4n) is 1.87. The highest BCUT2D eigenvalue weighted by Gasteiger charge is 2.12. The van der Waals surface area contributed by atoms with Crippen molar-refractivity contribution in [2.75, 3.05) is 20.3 Å². The molecule has 0 radical (unpaired) electrons. The molecular weight excluding hydrogens is 298 g/mol. The summed E-state index contributed by atoms with van der Waals surface area (Å²) in [5.41, 5.74) is 0.383. The van der Waals surface area contributed by atoms with E-state index >= 15 is 0 Å². The van der Waals surface area contributed by atoms with Crippen LogP contribution >= 0.6 is 0 Å². The van der Waals surface area contributed by atoms with Crippen molar-refractivity contribution < 1.29 is 18.7 Å². The van der Waals surface area contributed by atoms with Gasteiger partial charge in [-0.1, -0.05) is 6.07 Å². The lowest BCUT2D eigenvalue weighted by molar-refractivity contribution is 0.0939. The van der Waals surface area contributed by atoms with E-state index in [1.54, 1.807) is 37.4 Å². The zero-order valence-corrected chi connectivity index (χ0v) is 12.9. The average molecular weight is 317 g/mol. The van der Waals surface area contributed by atoms with Gasteiger partial charge >= 0.3 is 0 Å². The van der Waals surface area contributed by atoms with Gasteiger partial charge in [-0.25, -0.2) is 4.98 Å². The van der Waals surface area contributed by atoms with Gasteiger partial charge in [0.1, 0.15) is 17.1 Å². The second-order valence-electron chi connectivity index (χ2n) is 4.77. The lowest BCUT2D eigenvalue weighted by Gasteiger charge is -2.06. The fourth-order valence-corrected chi connectivity index (χ4v) is 1.87. The van der Waals surface area contributed by atoms with Crippen LogP contribution < -0.4 is 10.6 Å². The molecule has 0 bridgehead atoms. The quantitative estimate of drug-likeness (QED) is 0.717. The lowest BCUT2D eigenvalue weighted by atomic mass is 10.2. The number of rotatable bonds is 8. The highest BCUT2D eigenvalue weighted by Crippen LogP contribution is 2.02. The third-order valence-corrected chi connectivity index (χ3v) is 3.03. The molecule has 0 aliphatic carbocycles. The van der Waals surface area contributed by atoms with Crippen LogP contribution in [0.2, 0.25) is 0 Å². The first kappa shape index (κ1) is 16.7. The number of aromatic nitrogens is 1. The molecule has 0 fully saturated rings. The van der Waals surface area contributed by atoms with Crippen LogP contribution in [0.4, 0.5) is 0 Å². The monoisotopic (exact) mass is 317 g/mol. The SMILES string of the molecule is COCCCNC(=O)c1cccc(C(=O)NCc2ccco2)n1. The van der Waals surface area contributed by atoms with Crippen molar-refractivity contribution in [2.45, 2.75) is 13.0 Å². The number of carbonyl (C=O) groups is 2. The number of carbonyl (C=O) groups excluding carboxylic acids is 2. The van der Waals surface area contributed by atoms with E-state index in [4.69, 9.17) is 9.15 Å². The standard InChI is InChI=1S/C16H19N3O4/c1-22-9-4-8-17-15(20)13-6-2-7-14(19-13)16(21)18-11-12-5-3-10-23-12/h2-3,5-7,10H,4,8-9,11H2,1H3,(H,17,20)(H,18,21). The van der Waals surface area contributed by atoms with Crippen molar-refractivity contribution in [3.8, 4) is 0 Å². The average Bonchev–Trinajstić information content (AvgIpc) is 3.10. The Bertz CT molecular complexity index is 641. The maximum Gasteiger partial charge on any atom is 0.270 e. The minimum absolute atomic E-state index is 0.182. The van der Waals surface area contributed by atoms with E-state index < -0.39 is 0 Å². The molecule has 23 heavy (non-hydrogen) atoms. The zero-order valence-electron chi connectivity index (χ0n) is 12.9. The number of methoxy groups -OCH3 is 1. The molecule has 0 spiro atoms. The van der Waals surface area contributed by atoms with Crippen molar-refractivity contribution >= 4 is 11.8 Å². The summed E-state index contributed by atoms with van der Waals surface area (Å²) in [6, 6.07) is 8.25. The van der Waals surface area contributed by atoms with Gasteiger partial charge in [0.2, 0.25) is 0 Å². The molecule has 0 aliphatic rings. The van der Waals surface area contributed by atoms with Crippen LogP contribution in [0, 0.1) is 0 Å². The van der Waals surface area contributed by atoms with Gasteiger partial charge in [-0.3, -0.25) is 9.59 Å². The first-order valence-electron chi connectivity index (χ1n) is 7.25. The first-order valence-corrected chi connectivity index (χ1v) is 7.25. The van der Waals surface area contributed by atoms with Gasteiger partial charge in [0.05, 0.1) is 12.8 Å². The number of nitrogens with one attached hydrogen (secondary N) is 2. The van der Waals surface area contributed by atoms with E-state index in [-0.39, 0.29) is 29.7 Å². The molecule has 2 aromatic rings. The Kier molecular flexibility index (Phi) is 6.31. The van der Waals surface area contributed by atoms with Gasteiger partial charge < -0.3 is 19.8 Å². The Morgan fingerprint density at radius 3 is 2.52 bits per heavy atom. The summed E-state index contributed by atoms with van der Waals surface area (Å²) in [5.74, 6) is -0.0392. The number of pyridine rings is 1. The molecule has 7 heteroatoms. The van der Waals surface area contributed by atoms with Crippen molar-refractivity contribution in [3.63, 3.8) is 0 Å². The summed E-state index contributed by atoms with van der Waals surface area (Å²) in [6.45, 7) is 1.33. The molecule has 7 nitrogen and oxygen atoms in total. The zero-order chi connectivity index (χ0) is 16.5. The third-order valence-electron chi connectivity index (χ3n) is 3.03. The number of hydrogen-bond donors (Lipinski definition) is 2. The molecule has 0 atom stereocenters. The van der Waals surface area contributed by atoms with Crippen LogP contribution in [-0.4, -0.2) is 37.1 Å². The van der Waals surface area contributed by atoms with Crippen molar-refractivity contribution in [2.24, 2.45) is 0 Å². The third kappa shape index (κ3) is 5.23. The summed E-state index contributed by atoms with van der Waals surface area (Å²) in [5, 5.41) is 5.41. The summed E-state index contributed by atoms with van der Waals surface area (Å²) < 4.78 is 10.0. The molecule has 0 saturated carbocycles. The minimum Gasteiger partial charge on any atom is -0.467 e. The van der Waals surface area contributed by atoms with Gasteiger partial charge in [-0.2, -0.15) is 0 Å². The molecule has 2 amide bonds. The number of ether oxygens (including phenoxy) is 1. The van der Waals surface area contributed by atoms with E-state index in [1.165, 1.54) is 6.26 Å². The Hall–Kier alpha value is -2.67. The fraction of sp³-hybridized carbons (Fsp3) is 0.312. The van der Waals surface area contributed by atoms with Crippen LogP contribution in [0.15, 0.2) is 41.0 Å². The topological polar surface area (TPSA) is 93.5 Å². The Morgan fingerprint density at radius 1 is 1.13 bits per heavy atom. The molecule has 122 valence electrons. The van der Waals surface area contributed by atoms with Crippen LogP contribution in [0.25, 0.3) is 0 Å². The highest BCUT2D eigenvalue weighted by atomic mass is 16.5. The second-order valence-corrected chi connectivity index (χ2v) is 4.77. The molecule has 2 N–H and O–H groups in total. The van der Waals surface area contributed by atoms with Crippen molar-refractivity contribution in [1.29, 1.82) is 0 Å².